The maximum Gasteiger partial charge on any atom is 0.341 e. The van der Waals surface area contributed by atoms with Crippen molar-refractivity contribution in [2.24, 2.45) is 11.3 Å². The van der Waals surface area contributed by atoms with Gasteiger partial charge >= 0.3 is 5.97 Å². The minimum atomic E-state index is -0.405. The van der Waals surface area contributed by atoms with Gasteiger partial charge in [-0.1, -0.05) is 12.5 Å². The number of esters is 1. The smallest absolute Gasteiger partial charge is 0.341 e. The van der Waals surface area contributed by atoms with Crippen molar-refractivity contribution in [3.05, 3.63) is 23.8 Å². The Hall–Kier alpha value is -2.04. The third-order valence-electron chi connectivity index (χ3n) is 5.68. The summed E-state index contributed by atoms with van der Waals surface area (Å²) in [5, 5.41) is 3.37. The zero-order chi connectivity index (χ0) is 16.0. The molecule has 0 saturated heterocycles. The molecule has 1 heterocycles. The van der Waals surface area contributed by atoms with E-state index in [4.69, 9.17) is 9.15 Å². The number of hydrogen-bond donors (Lipinski definition) is 1. The zero-order valence-electron chi connectivity index (χ0n) is 13.6. The Morgan fingerprint density at radius 1 is 1.43 bits per heavy atom. The Bertz CT molecular complexity index is 740. The maximum absolute atomic E-state index is 11.8. The second-order valence-electron chi connectivity index (χ2n) is 7.12. The number of rotatable bonds is 4. The zero-order valence-corrected chi connectivity index (χ0v) is 13.6. The lowest BCUT2D eigenvalue weighted by molar-refractivity contribution is -0.0301. The summed E-state index contributed by atoms with van der Waals surface area (Å²) in [5.74, 6) is 0.280. The van der Waals surface area contributed by atoms with Gasteiger partial charge in [-0.15, -0.1) is 0 Å². The van der Waals surface area contributed by atoms with Crippen molar-refractivity contribution >= 4 is 23.1 Å². The molecule has 5 nitrogen and oxygen atoms in total. The van der Waals surface area contributed by atoms with Gasteiger partial charge in [-0.05, 0) is 56.1 Å². The molecule has 1 aromatic heterocycles. The molecule has 2 aliphatic rings. The van der Waals surface area contributed by atoms with Gasteiger partial charge in [0.2, 0.25) is 0 Å². The van der Waals surface area contributed by atoms with E-state index < -0.39 is 5.97 Å². The van der Waals surface area contributed by atoms with Crippen LogP contribution in [0.4, 0.5) is 6.01 Å². The molecule has 0 bridgehead atoms. The summed E-state index contributed by atoms with van der Waals surface area (Å²) in [6.07, 6.45) is 6.84. The van der Waals surface area contributed by atoms with Crippen molar-refractivity contribution in [2.45, 2.75) is 45.1 Å². The topological polar surface area (TPSA) is 64.4 Å². The highest BCUT2D eigenvalue weighted by Gasteiger charge is 2.49. The van der Waals surface area contributed by atoms with Crippen molar-refractivity contribution in [1.29, 1.82) is 0 Å². The van der Waals surface area contributed by atoms with Crippen molar-refractivity contribution < 1.29 is 13.9 Å². The van der Waals surface area contributed by atoms with Crippen LogP contribution in [0.3, 0.4) is 0 Å². The lowest BCUT2D eigenvalue weighted by atomic mass is 9.50. The molecule has 1 spiro atoms. The van der Waals surface area contributed by atoms with E-state index in [1.165, 1.54) is 39.2 Å². The van der Waals surface area contributed by atoms with Gasteiger partial charge in [0.1, 0.15) is 11.1 Å². The molecule has 122 valence electrons. The summed E-state index contributed by atoms with van der Waals surface area (Å²) in [6, 6.07) is 6.14. The van der Waals surface area contributed by atoms with Crippen LogP contribution in [0.15, 0.2) is 22.6 Å². The molecule has 1 aromatic carbocycles. The molecule has 1 N–H and O–H groups in total. The molecule has 2 aromatic rings. The van der Waals surface area contributed by atoms with Crippen molar-refractivity contribution in [3.8, 4) is 0 Å². The molecule has 5 heteroatoms. The van der Waals surface area contributed by atoms with Gasteiger partial charge in [0.15, 0.2) is 5.58 Å². The van der Waals surface area contributed by atoms with E-state index in [2.05, 4.69) is 17.2 Å². The summed E-state index contributed by atoms with van der Waals surface area (Å²) >= 11 is 0. The lowest BCUT2D eigenvalue weighted by Gasteiger charge is -2.56. The van der Waals surface area contributed by atoms with Gasteiger partial charge in [0.05, 0.1) is 7.11 Å². The van der Waals surface area contributed by atoms with Gasteiger partial charge in [0, 0.05) is 6.04 Å². The summed E-state index contributed by atoms with van der Waals surface area (Å²) in [4.78, 5) is 16.3. The Labute approximate surface area is 135 Å². The number of hydrogen-bond acceptors (Lipinski definition) is 5. The number of para-hydroxylation sites is 1. The summed E-state index contributed by atoms with van der Waals surface area (Å²) in [6.45, 7) is 2.19. The number of benzene rings is 1. The number of nitrogens with one attached hydrogen (secondary N) is 1. The minimum absolute atomic E-state index is 0.330. The van der Waals surface area contributed by atoms with Gasteiger partial charge in [0.25, 0.3) is 6.01 Å². The normalized spacial score (nSPS) is 20.8. The number of carbonyl (C=O) groups excluding carboxylic acids is 1. The highest BCUT2D eigenvalue weighted by Crippen LogP contribution is 2.59. The number of carbonyl (C=O) groups is 1. The monoisotopic (exact) mass is 314 g/mol. The fourth-order valence-corrected chi connectivity index (χ4v) is 4.09. The summed E-state index contributed by atoms with van der Waals surface area (Å²) in [5.41, 5.74) is 2.24. The van der Waals surface area contributed by atoms with E-state index in [1.807, 2.05) is 6.07 Å². The lowest BCUT2D eigenvalue weighted by Crippen LogP contribution is -2.48. The maximum atomic E-state index is 11.8. The van der Waals surface area contributed by atoms with Crippen molar-refractivity contribution in [3.63, 3.8) is 0 Å². The van der Waals surface area contributed by atoms with Crippen LogP contribution in [0.1, 0.15) is 49.4 Å². The first kappa shape index (κ1) is 14.5. The van der Waals surface area contributed by atoms with E-state index in [0.29, 0.717) is 40.1 Å². The third kappa shape index (κ3) is 2.38. The minimum Gasteiger partial charge on any atom is -0.465 e. The molecule has 23 heavy (non-hydrogen) atoms. The second-order valence-corrected chi connectivity index (χ2v) is 7.12. The number of fused-ring (bicyclic) bond motifs is 1. The standard InChI is InChI=1S/C18H22N2O3/c1-11(12-9-18(10-12)7-4-8-18)19-17-20-14-6-3-5-13(15(14)23-17)16(21)22-2/h3,5-6,11-12H,4,7-10H2,1-2H3,(H,19,20). The van der Waals surface area contributed by atoms with Gasteiger partial charge in [-0.25, -0.2) is 4.79 Å². The number of oxazole rings is 1. The number of methoxy groups -OCH3 is 1. The number of anilines is 1. The highest BCUT2D eigenvalue weighted by atomic mass is 16.5. The Balaban J connectivity index is 1.50. The first-order valence-corrected chi connectivity index (χ1v) is 8.35. The Morgan fingerprint density at radius 2 is 2.22 bits per heavy atom. The molecule has 2 aliphatic carbocycles. The molecular weight excluding hydrogens is 292 g/mol. The van der Waals surface area contributed by atoms with Gasteiger partial charge < -0.3 is 14.5 Å². The first-order chi connectivity index (χ1) is 11.1. The summed E-state index contributed by atoms with van der Waals surface area (Å²) in [7, 11) is 1.37. The van der Waals surface area contributed by atoms with E-state index in [1.54, 1.807) is 12.1 Å². The van der Waals surface area contributed by atoms with Crippen LogP contribution < -0.4 is 5.32 Å². The fourth-order valence-electron chi connectivity index (χ4n) is 4.09. The molecule has 2 saturated carbocycles. The van der Waals surface area contributed by atoms with Crippen LogP contribution in [0.2, 0.25) is 0 Å². The first-order valence-electron chi connectivity index (χ1n) is 8.35. The quantitative estimate of drug-likeness (QED) is 0.864. The fraction of sp³-hybridized carbons (Fsp3) is 0.556. The van der Waals surface area contributed by atoms with E-state index in [0.717, 1.165) is 0 Å². The van der Waals surface area contributed by atoms with Crippen molar-refractivity contribution in [2.75, 3.05) is 12.4 Å². The molecule has 0 aliphatic heterocycles. The van der Waals surface area contributed by atoms with Crippen LogP contribution in [0.25, 0.3) is 11.1 Å². The second kappa shape index (κ2) is 5.25. The molecule has 1 unspecified atom stereocenters. The molecule has 4 rings (SSSR count). The van der Waals surface area contributed by atoms with Crippen LogP contribution >= 0.6 is 0 Å². The largest absolute Gasteiger partial charge is 0.465 e. The molecule has 0 radical (unpaired) electrons. The van der Waals surface area contributed by atoms with E-state index in [-0.39, 0.29) is 0 Å². The summed E-state index contributed by atoms with van der Waals surface area (Å²) < 4.78 is 10.6. The number of aromatic nitrogens is 1. The molecule has 1 atom stereocenters. The average molecular weight is 314 g/mol. The highest BCUT2D eigenvalue weighted by molar-refractivity contribution is 6.01. The molecule has 2 fully saturated rings. The number of nitrogens with zero attached hydrogens (tertiary/aromatic N) is 1. The SMILES string of the molecule is COC(=O)c1cccc2nc(NC(C)C3CC4(CCC4)C3)oc12. The van der Waals surface area contributed by atoms with Gasteiger partial charge in [-0.3, -0.25) is 0 Å². The van der Waals surface area contributed by atoms with E-state index >= 15 is 0 Å². The Morgan fingerprint density at radius 3 is 2.87 bits per heavy atom. The van der Waals surface area contributed by atoms with Crippen LogP contribution in [0, 0.1) is 11.3 Å². The number of ether oxygens (including phenoxy) is 1. The van der Waals surface area contributed by atoms with Gasteiger partial charge in [-0.2, -0.15) is 4.98 Å². The molecular formula is C18H22N2O3. The molecule has 0 amide bonds. The van der Waals surface area contributed by atoms with Crippen LogP contribution in [0.5, 0.6) is 0 Å². The predicted molar refractivity (Wildman–Crippen MR) is 87.4 cm³/mol. The van der Waals surface area contributed by atoms with Crippen molar-refractivity contribution in [1.82, 2.24) is 4.98 Å². The predicted octanol–water partition coefficient (Wildman–Crippen LogP) is 4.00. The van der Waals surface area contributed by atoms with E-state index in [9.17, 15) is 4.79 Å². The van der Waals surface area contributed by atoms with Crippen LogP contribution in [-0.4, -0.2) is 24.1 Å². The average Bonchev–Trinajstić information content (AvgIpc) is 2.85. The van der Waals surface area contributed by atoms with Crippen LogP contribution in [-0.2, 0) is 4.74 Å². The Kier molecular flexibility index (Phi) is 3.32. The third-order valence-corrected chi connectivity index (χ3v) is 5.68.